The van der Waals surface area contributed by atoms with Crippen molar-refractivity contribution in [2.24, 2.45) is 0 Å². The predicted molar refractivity (Wildman–Crippen MR) is 125 cm³/mol. The van der Waals surface area contributed by atoms with Gasteiger partial charge in [0, 0.05) is 32.3 Å². The van der Waals surface area contributed by atoms with Gasteiger partial charge in [0.15, 0.2) is 11.6 Å². The normalized spacial score (nSPS) is 14.2. The molecule has 1 aliphatic rings. The second-order valence-electron chi connectivity index (χ2n) is 8.23. The summed E-state index contributed by atoms with van der Waals surface area (Å²) in [6, 6.07) is 10.1. The number of hydrogen-bond donors (Lipinski definition) is 1. The molecule has 7 nitrogen and oxygen atoms in total. The number of sulfonamides is 1. The molecule has 0 unspecified atom stereocenters. The van der Waals surface area contributed by atoms with E-state index >= 15 is 4.39 Å². The minimum absolute atomic E-state index is 0.118. The number of nitrogens with one attached hydrogen (secondary N) is 1. The minimum atomic E-state index is -3.51. The van der Waals surface area contributed by atoms with Crippen LogP contribution in [0.15, 0.2) is 53.7 Å². The maximum Gasteiger partial charge on any atom is 0.242 e. The summed E-state index contributed by atoms with van der Waals surface area (Å²) in [7, 11) is 1.21. The lowest BCUT2D eigenvalue weighted by molar-refractivity contribution is 0.278. The number of hydrogen-bond acceptors (Lipinski definition) is 6. The van der Waals surface area contributed by atoms with Gasteiger partial charge in [-0.1, -0.05) is 24.6 Å². The molecule has 0 atom stereocenters. The summed E-state index contributed by atoms with van der Waals surface area (Å²) < 4.78 is 47.3. The molecule has 9 heteroatoms. The number of halogens is 1. The summed E-state index contributed by atoms with van der Waals surface area (Å²) in [6.45, 7) is 0.118. The van der Waals surface area contributed by atoms with Gasteiger partial charge in [-0.3, -0.25) is 4.98 Å². The van der Waals surface area contributed by atoms with Gasteiger partial charge >= 0.3 is 0 Å². The van der Waals surface area contributed by atoms with E-state index in [1.54, 1.807) is 31.4 Å². The van der Waals surface area contributed by atoms with Crippen molar-refractivity contribution >= 4 is 15.8 Å². The van der Waals surface area contributed by atoms with Gasteiger partial charge in [0.25, 0.3) is 0 Å². The maximum absolute atomic E-state index is 15.6. The van der Waals surface area contributed by atoms with Crippen LogP contribution in [0.4, 0.5) is 10.2 Å². The van der Waals surface area contributed by atoms with Crippen molar-refractivity contribution in [3.8, 4) is 17.0 Å². The quantitative estimate of drug-likeness (QED) is 0.525. The van der Waals surface area contributed by atoms with Gasteiger partial charge < -0.3 is 10.1 Å². The molecule has 33 heavy (non-hydrogen) atoms. The number of rotatable bonds is 8. The molecule has 0 aliphatic heterocycles. The first-order valence-electron chi connectivity index (χ1n) is 10.8. The zero-order valence-electron chi connectivity index (χ0n) is 18.9. The summed E-state index contributed by atoms with van der Waals surface area (Å²) in [5.41, 5.74) is 2.36. The Morgan fingerprint density at radius 2 is 1.82 bits per heavy atom. The van der Waals surface area contributed by atoms with Crippen molar-refractivity contribution < 1.29 is 17.5 Å². The number of nitrogens with zero attached hydrogens (tertiary/aromatic N) is 3. The van der Waals surface area contributed by atoms with Gasteiger partial charge in [-0.25, -0.2) is 22.1 Å². The van der Waals surface area contributed by atoms with Crippen LogP contribution in [0.25, 0.3) is 11.3 Å². The maximum atomic E-state index is 15.6. The number of anilines is 1. The monoisotopic (exact) mass is 470 g/mol. The highest BCUT2D eigenvalue weighted by Crippen LogP contribution is 2.44. The van der Waals surface area contributed by atoms with Crippen molar-refractivity contribution in [3.63, 3.8) is 0 Å². The Kier molecular flexibility index (Phi) is 6.62. The van der Waals surface area contributed by atoms with E-state index in [2.05, 4.69) is 15.3 Å². The van der Waals surface area contributed by atoms with Crippen LogP contribution in [0, 0.1) is 5.82 Å². The van der Waals surface area contributed by atoms with Crippen LogP contribution < -0.4 is 10.1 Å². The van der Waals surface area contributed by atoms with E-state index < -0.39 is 15.8 Å². The molecule has 0 saturated heterocycles. The van der Waals surface area contributed by atoms with Crippen LogP contribution in [0.2, 0.25) is 0 Å². The van der Waals surface area contributed by atoms with Crippen molar-refractivity contribution in [3.05, 3.63) is 65.7 Å². The Bertz CT molecular complexity index is 1230. The predicted octanol–water partition coefficient (Wildman–Crippen LogP) is 4.42. The molecule has 2 aromatic carbocycles. The van der Waals surface area contributed by atoms with Crippen molar-refractivity contribution in [2.75, 3.05) is 26.5 Å². The summed E-state index contributed by atoms with van der Waals surface area (Å²) in [5.74, 6) is 0.634. The third-order valence-corrected chi connectivity index (χ3v) is 7.77. The lowest BCUT2D eigenvalue weighted by Gasteiger charge is -2.28. The first-order chi connectivity index (χ1) is 15.8. The number of ether oxygens (including phenoxy) is 1. The number of benzene rings is 2. The highest BCUT2D eigenvalue weighted by molar-refractivity contribution is 7.89. The third-order valence-electron chi connectivity index (χ3n) is 5.94. The second kappa shape index (κ2) is 9.44. The fraction of sp³-hybridized carbons (Fsp3) is 0.333. The van der Waals surface area contributed by atoms with Crippen molar-refractivity contribution in [1.29, 1.82) is 0 Å². The molecular formula is C24H27FN4O3S. The summed E-state index contributed by atoms with van der Waals surface area (Å²) in [4.78, 5) is 8.74. The molecule has 1 N–H and O–H groups in total. The van der Waals surface area contributed by atoms with Gasteiger partial charge in [-0.2, -0.15) is 0 Å². The fourth-order valence-corrected chi connectivity index (χ4v) is 4.58. The van der Waals surface area contributed by atoms with Gasteiger partial charge in [-0.15, -0.1) is 0 Å². The van der Waals surface area contributed by atoms with E-state index in [9.17, 15) is 8.42 Å². The van der Waals surface area contributed by atoms with E-state index in [4.69, 9.17) is 4.74 Å². The first kappa shape index (κ1) is 23.1. The Labute approximate surface area is 193 Å². The SMILES string of the molecule is CNc1cnc(-c2ccc(C3CCC3)c(OCc3ccc(S(=O)(=O)N(C)C)cc3)c2F)cn1. The molecule has 3 aromatic rings. The van der Waals surface area contributed by atoms with E-state index in [1.807, 2.05) is 6.07 Å². The zero-order chi connectivity index (χ0) is 23.6. The van der Waals surface area contributed by atoms with E-state index in [0.29, 0.717) is 17.1 Å². The van der Waals surface area contributed by atoms with E-state index in [0.717, 1.165) is 34.7 Å². The molecule has 174 valence electrons. The summed E-state index contributed by atoms with van der Waals surface area (Å²) in [5, 5.41) is 2.90. The van der Waals surface area contributed by atoms with Crippen molar-refractivity contribution in [2.45, 2.75) is 36.7 Å². The third kappa shape index (κ3) is 4.69. The van der Waals surface area contributed by atoms with Gasteiger partial charge in [0.1, 0.15) is 12.4 Å². The average molecular weight is 471 g/mol. The zero-order valence-corrected chi connectivity index (χ0v) is 19.7. The molecule has 0 radical (unpaired) electrons. The molecular weight excluding hydrogens is 443 g/mol. The lowest BCUT2D eigenvalue weighted by atomic mass is 9.79. The molecule has 1 aromatic heterocycles. The molecule has 1 fully saturated rings. The Balaban J connectivity index is 1.61. The molecule has 0 bridgehead atoms. The Morgan fingerprint density at radius 3 is 2.36 bits per heavy atom. The van der Waals surface area contributed by atoms with Crippen LogP contribution in [-0.2, 0) is 16.6 Å². The lowest BCUT2D eigenvalue weighted by Crippen LogP contribution is -2.22. The average Bonchev–Trinajstić information content (AvgIpc) is 2.78. The van der Waals surface area contributed by atoms with E-state index in [-0.39, 0.29) is 23.2 Å². The second-order valence-corrected chi connectivity index (χ2v) is 10.4. The van der Waals surface area contributed by atoms with Gasteiger partial charge in [0.05, 0.1) is 23.0 Å². The Morgan fingerprint density at radius 1 is 1.09 bits per heavy atom. The Hall–Kier alpha value is -3.04. The highest BCUT2D eigenvalue weighted by Gasteiger charge is 2.27. The number of aromatic nitrogens is 2. The minimum Gasteiger partial charge on any atom is -0.486 e. The molecule has 1 aliphatic carbocycles. The van der Waals surface area contributed by atoms with Crippen LogP contribution in [0.5, 0.6) is 5.75 Å². The van der Waals surface area contributed by atoms with Crippen LogP contribution >= 0.6 is 0 Å². The topological polar surface area (TPSA) is 84.4 Å². The summed E-state index contributed by atoms with van der Waals surface area (Å²) >= 11 is 0. The highest BCUT2D eigenvalue weighted by atomic mass is 32.2. The smallest absolute Gasteiger partial charge is 0.242 e. The summed E-state index contributed by atoms with van der Waals surface area (Å²) in [6.07, 6.45) is 6.21. The van der Waals surface area contributed by atoms with Gasteiger partial charge in [0.2, 0.25) is 10.0 Å². The molecule has 1 heterocycles. The molecule has 0 spiro atoms. The van der Waals surface area contributed by atoms with Crippen LogP contribution in [-0.4, -0.2) is 43.8 Å². The largest absolute Gasteiger partial charge is 0.486 e. The van der Waals surface area contributed by atoms with Gasteiger partial charge in [-0.05, 0) is 42.5 Å². The molecule has 4 rings (SSSR count). The fourth-order valence-electron chi connectivity index (χ4n) is 3.68. The first-order valence-corrected chi connectivity index (χ1v) is 12.2. The molecule has 1 saturated carbocycles. The van der Waals surface area contributed by atoms with Crippen LogP contribution in [0.3, 0.4) is 0 Å². The van der Waals surface area contributed by atoms with E-state index in [1.165, 1.54) is 32.4 Å². The molecule has 0 amide bonds. The standard InChI is InChI=1S/C24H27FN4O3S/c1-26-22-14-27-21(13-28-22)20-12-11-19(17-5-4-6-17)24(23(20)25)32-15-16-7-9-18(10-8-16)33(30,31)29(2)3/h7-14,17H,4-6,15H2,1-3H3,(H,26,28). The van der Waals surface area contributed by atoms with Crippen molar-refractivity contribution in [1.82, 2.24) is 14.3 Å². The van der Waals surface area contributed by atoms with Crippen LogP contribution in [0.1, 0.15) is 36.3 Å².